The Hall–Kier alpha value is -1.34. The van der Waals surface area contributed by atoms with Crippen LogP contribution >= 0.6 is 0 Å². The van der Waals surface area contributed by atoms with E-state index in [2.05, 4.69) is 0 Å². The van der Waals surface area contributed by atoms with Crippen molar-refractivity contribution in [3.05, 3.63) is 0 Å². The smallest absolute Gasteiger partial charge is 0.320 e. The summed E-state index contributed by atoms with van der Waals surface area (Å²) in [7, 11) is 0. The molecular weight excluding hydrogens is 176 g/mol. The van der Waals surface area contributed by atoms with Gasteiger partial charge in [-0.1, -0.05) is 0 Å². The van der Waals surface area contributed by atoms with Crippen molar-refractivity contribution in [1.82, 2.24) is 5.06 Å². The number of carboxylic acids is 1. The molecule has 0 amide bonds. The van der Waals surface area contributed by atoms with Crippen molar-refractivity contribution in [3.8, 4) is 0 Å². The maximum atomic E-state index is 10.2. The summed E-state index contributed by atoms with van der Waals surface area (Å²) in [4.78, 5) is 10.2. The van der Waals surface area contributed by atoms with Crippen LogP contribution in [-0.4, -0.2) is 39.9 Å². The van der Waals surface area contributed by atoms with Gasteiger partial charge in [-0.15, -0.1) is 0 Å². The first-order valence-electron chi connectivity index (χ1n) is 3.74. The molecule has 0 aromatic carbocycles. The van der Waals surface area contributed by atoms with E-state index in [9.17, 15) is 4.79 Å². The molecule has 0 aliphatic rings. The van der Waals surface area contributed by atoms with E-state index in [1.165, 1.54) is 0 Å². The average Bonchev–Trinajstić information content (AvgIpc) is 2.03. The minimum Gasteiger partial charge on any atom is -0.480 e. The highest BCUT2D eigenvalue weighted by Gasteiger charge is 2.11. The number of hydrogen-bond donors (Lipinski definition) is 5. The molecule has 0 fully saturated rings. The lowest BCUT2D eigenvalue weighted by Crippen LogP contribution is -2.36. The molecule has 0 heterocycles. The van der Waals surface area contributed by atoms with Crippen LogP contribution in [0, 0.1) is 5.41 Å². The number of hydrogen-bond acceptors (Lipinski definition) is 4. The molecule has 0 rings (SSSR count). The number of rotatable bonds is 5. The summed E-state index contributed by atoms with van der Waals surface area (Å²) < 4.78 is 0. The summed E-state index contributed by atoms with van der Waals surface area (Å²) in [5.41, 5.74) is 10.1. The first-order chi connectivity index (χ1) is 5.95. The fourth-order valence-corrected chi connectivity index (χ4v) is 0.705. The molecule has 0 saturated heterocycles. The number of carbonyl (C=O) groups is 1. The summed E-state index contributed by atoms with van der Waals surface area (Å²) in [5, 5.41) is 24.6. The SMILES string of the molecule is N=C(N)N(O)CCC[C@H](N)C(=O)O. The molecule has 0 aromatic heterocycles. The molecule has 7 N–H and O–H groups in total. The monoisotopic (exact) mass is 190 g/mol. The van der Waals surface area contributed by atoms with Gasteiger partial charge in [-0.3, -0.25) is 15.4 Å². The van der Waals surface area contributed by atoms with Crippen molar-refractivity contribution >= 4 is 11.9 Å². The minimum absolute atomic E-state index is 0.107. The second-order valence-corrected chi connectivity index (χ2v) is 2.60. The third-order valence-corrected chi connectivity index (χ3v) is 1.48. The Morgan fingerprint density at radius 2 is 2.15 bits per heavy atom. The van der Waals surface area contributed by atoms with E-state index in [0.717, 1.165) is 0 Å². The standard InChI is InChI=1S/C6H14N4O3/c7-4(5(11)12)2-1-3-10(13)6(8)9/h4,13H,1-3,7H2,(H3,8,9)(H,11,12)/t4-/m0/s1. The second-order valence-electron chi connectivity index (χ2n) is 2.60. The van der Waals surface area contributed by atoms with E-state index in [0.29, 0.717) is 11.5 Å². The summed E-state index contributed by atoms with van der Waals surface area (Å²) in [6.07, 6.45) is 0.600. The summed E-state index contributed by atoms with van der Waals surface area (Å²) >= 11 is 0. The third-order valence-electron chi connectivity index (χ3n) is 1.48. The Morgan fingerprint density at radius 1 is 1.62 bits per heavy atom. The predicted molar refractivity (Wildman–Crippen MR) is 45.3 cm³/mol. The molecule has 0 spiro atoms. The van der Waals surface area contributed by atoms with Crippen LogP contribution in [0.4, 0.5) is 0 Å². The largest absolute Gasteiger partial charge is 0.480 e. The van der Waals surface area contributed by atoms with Crippen molar-refractivity contribution in [2.24, 2.45) is 11.5 Å². The molecule has 7 heteroatoms. The highest BCUT2D eigenvalue weighted by Crippen LogP contribution is 1.96. The van der Waals surface area contributed by atoms with E-state index in [4.69, 9.17) is 27.2 Å². The Bertz CT molecular complexity index is 176. The van der Waals surface area contributed by atoms with Crippen LogP contribution in [0.5, 0.6) is 0 Å². The molecule has 76 valence electrons. The van der Waals surface area contributed by atoms with Crippen LogP contribution < -0.4 is 11.5 Å². The maximum absolute atomic E-state index is 10.2. The number of aliphatic carboxylic acids is 1. The van der Waals surface area contributed by atoms with Gasteiger partial charge in [-0.2, -0.15) is 0 Å². The lowest BCUT2D eigenvalue weighted by atomic mass is 10.2. The van der Waals surface area contributed by atoms with Gasteiger partial charge in [0.05, 0.1) is 0 Å². The first kappa shape index (κ1) is 11.7. The summed E-state index contributed by atoms with van der Waals surface area (Å²) in [5.74, 6) is -1.55. The van der Waals surface area contributed by atoms with Gasteiger partial charge in [0.2, 0.25) is 5.96 Å². The van der Waals surface area contributed by atoms with Crippen molar-refractivity contribution in [2.75, 3.05) is 6.54 Å². The van der Waals surface area contributed by atoms with Crippen LogP contribution in [0.25, 0.3) is 0 Å². The second kappa shape index (κ2) is 5.33. The summed E-state index contributed by atoms with van der Waals surface area (Å²) in [6.45, 7) is 0.107. The zero-order valence-electron chi connectivity index (χ0n) is 7.10. The molecule has 0 aliphatic carbocycles. The highest BCUT2D eigenvalue weighted by molar-refractivity contribution is 5.73. The van der Waals surface area contributed by atoms with Gasteiger partial charge in [-0.25, -0.2) is 5.06 Å². The molecule has 0 unspecified atom stereocenters. The Balaban J connectivity index is 3.56. The van der Waals surface area contributed by atoms with Crippen molar-refractivity contribution in [2.45, 2.75) is 18.9 Å². The molecule has 0 radical (unpaired) electrons. The van der Waals surface area contributed by atoms with E-state index >= 15 is 0 Å². The van der Waals surface area contributed by atoms with Crippen LogP contribution in [-0.2, 0) is 4.79 Å². The van der Waals surface area contributed by atoms with Gasteiger partial charge in [0, 0.05) is 6.54 Å². The van der Waals surface area contributed by atoms with Crippen LogP contribution in [0.15, 0.2) is 0 Å². The predicted octanol–water partition coefficient (Wildman–Crippen LogP) is -1.24. The molecule has 0 bridgehead atoms. The number of nitrogens with one attached hydrogen (secondary N) is 1. The van der Waals surface area contributed by atoms with Gasteiger partial charge in [-0.05, 0) is 12.8 Å². The van der Waals surface area contributed by atoms with Crippen molar-refractivity contribution in [1.29, 1.82) is 5.41 Å². The minimum atomic E-state index is -1.08. The van der Waals surface area contributed by atoms with E-state index < -0.39 is 18.0 Å². The average molecular weight is 190 g/mol. The Morgan fingerprint density at radius 3 is 2.54 bits per heavy atom. The highest BCUT2D eigenvalue weighted by atomic mass is 16.5. The zero-order valence-corrected chi connectivity index (χ0v) is 7.10. The molecule has 1 atom stereocenters. The molecule has 0 aliphatic heterocycles. The number of nitrogens with two attached hydrogens (primary N) is 2. The summed E-state index contributed by atoms with van der Waals surface area (Å²) in [6, 6.07) is -0.930. The molecule has 0 aromatic rings. The van der Waals surface area contributed by atoms with Crippen LogP contribution in [0.2, 0.25) is 0 Å². The fraction of sp³-hybridized carbons (Fsp3) is 0.667. The normalized spacial score (nSPS) is 12.2. The quantitative estimate of drug-likeness (QED) is 0.209. The maximum Gasteiger partial charge on any atom is 0.320 e. The molecule has 7 nitrogen and oxygen atoms in total. The molecular formula is C6H14N4O3. The molecule has 13 heavy (non-hydrogen) atoms. The number of guanidine groups is 1. The van der Waals surface area contributed by atoms with Crippen molar-refractivity contribution < 1.29 is 15.1 Å². The number of hydroxylamine groups is 2. The van der Waals surface area contributed by atoms with E-state index in [-0.39, 0.29) is 13.0 Å². The van der Waals surface area contributed by atoms with Gasteiger partial charge < -0.3 is 16.6 Å². The lowest BCUT2D eigenvalue weighted by Gasteiger charge is -2.14. The van der Waals surface area contributed by atoms with Gasteiger partial charge in [0.25, 0.3) is 0 Å². The topological polar surface area (TPSA) is 137 Å². The lowest BCUT2D eigenvalue weighted by molar-refractivity contribution is -0.138. The van der Waals surface area contributed by atoms with Crippen LogP contribution in [0.1, 0.15) is 12.8 Å². The van der Waals surface area contributed by atoms with Crippen LogP contribution in [0.3, 0.4) is 0 Å². The fourth-order valence-electron chi connectivity index (χ4n) is 0.705. The van der Waals surface area contributed by atoms with E-state index in [1.54, 1.807) is 0 Å². The van der Waals surface area contributed by atoms with Gasteiger partial charge >= 0.3 is 5.97 Å². The first-order valence-corrected chi connectivity index (χ1v) is 3.74. The number of carboxylic acid groups (broad SMARTS) is 1. The molecule has 0 saturated carbocycles. The zero-order chi connectivity index (χ0) is 10.4. The van der Waals surface area contributed by atoms with Gasteiger partial charge in [0.15, 0.2) is 0 Å². The Kier molecular flexibility index (Phi) is 4.78. The van der Waals surface area contributed by atoms with Crippen molar-refractivity contribution in [3.63, 3.8) is 0 Å². The third kappa shape index (κ3) is 4.99. The number of nitrogens with zero attached hydrogens (tertiary/aromatic N) is 1. The van der Waals surface area contributed by atoms with Gasteiger partial charge in [0.1, 0.15) is 6.04 Å². The Labute approximate surface area is 75.4 Å². The van der Waals surface area contributed by atoms with E-state index in [1.807, 2.05) is 0 Å².